The van der Waals surface area contributed by atoms with Gasteiger partial charge in [0.2, 0.25) is 0 Å². The molecule has 3 aromatic carbocycles. The first-order chi connectivity index (χ1) is 15.7. The van der Waals surface area contributed by atoms with Crippen LogP contribution in [-0.4, -0.2) is 19.5 Å². The van der Waals surface area contributed by atoms with Gasteiger partial charge in [0.05, 0.1) is 22.1 Å². The lowest BCUT2D eigenvalue weighted by Gasteiger charge is -2.41. The molecule has 1 N–H and O–H groups in total. The van der Waals surface area contributed by atoms with Gasteiger partial charge in [-0.25, -0.2) is 12.7 Å². The Bertz CT molecular complexity index is 1410. The van der Waals surface area contributed by atoms with Gasteiger partial charge in [0.15, 0.2) is 6.17 Å². The number of sulfonamides is 1. The molecule has 0 spiro atoms. The molecule has 0 bridgehead atoms. The molecular formula is C24H20BrN3O4S. The monoisotopic (exact) mass is 525 g/mol. The minimum Gasteiger partial charge on any atom is -0.358 e. The highest BCUT2D eigenvalue weighted by atomic mass is 79.9. The number of rotatable bonds is 4. The number of nitrogens with one attached hydrogen (secondary N) is 1. The Morgan fingerprint density at radius 3 is 2.52 bits per heavy atom. The summed E-state index contributed by atoms with van der Waals surface area (Å²) in [4.78, 5) is 12.6. The Hall–Kier alpha value is -3.17. The van der Waals surface area contributed by atoms with Crippen LogP contribution in [0.3, 0.4) is 0 Å². The average Bonchev–Trinajstić information content (AvgIpc) is 3.08. The van der Waals surface area contributed by atoms with Crippen LogP contribution in [0.4, 0.5) is 11.4 Å². The average molecular weight is 526 g/mol. The Balaban J connectivity index is 1.85. The summed E-state index contributed by atoms with van der Waals surface area (Å²) in [5, 5.41) is 16.1. The van der Waals surface area contributed by atoms with Crippen molar-refractivity contribution < 1.29 is 13.3 Å². The maximum atomic E-state index is 13.9. The van der Waals surface area contributed by atoms with Gasteiger partial charge in [-0.15, -0.1) is 6.58 Å². The van der Waals surface area contributed by atoms with Gasteiger partial charge in [-0.05, 0) is 48.9 Å². The zero-order valence-electron chi connectivity index (χ0n) is 17.6. The summed E-state index contributed by atoms with van der Waals surface area (Å²) in [5.74, 6) is -0.763. The van der Waals surface area contributed by atoms with Crippen LogP contribution < -0.4 is 9.62 Å². The molecule has 0 unspecified atom stereocenters. The fourth-order valence-corrected chi connectivity index (χ4v) is 6.96. The molecule has 3 aromatic rings. The smallest absolute Gasteiger partial charge is 0.298 e. The van der Waals surface area contributed by atoms with Crippen LogP contribution in [0.25, 0.3) is 0 Å². The third-order valence-corrected chi connectivity index (χ3v) is 8.74. The lowest BCUT2D eigenvalue weighted by atomic mass is 9.71. The summed E-state index contributed by atoms with van der Waals surface area (Å²) in [6.07, 6.45) is 0.350. The van der Waals surface area contributed by atoms with E-state index in [9.17, 15) is 18.5 Å². The molecule has 0 amide bonds. The molecular weight excluding hydrogens is 506 g/mol. The maximum absolute atomic E-state index is 13.9. The summed E-state index contributed by atoms with van der Waals surface area (Å²) in [7, 11) is -4.14. The van der Waals surface area contributed by atoms with Crippen LogP contribution in [0.2, 0.25) is 0 Å². The number of hydrogen-bond acceptors (Lipinski definition) is 5. The Labute approximate surface area is 200 Å². The number of halogens is 1. The van der Waals surface area contributed by atoms with Gasteiger partial charge in [-0.1, -0.05) is 57.9 Å². The zero-order chi connectivity index (χ0) is 23.5. The van der Waals surface area contributed by atoms with Crippen molar-refractivity contribution in [1.82, 2.24) is 0 Å². The lowest BCUT2D eigenvalue weighted by Crippen LogP contribution is -2.60. The van der Waals surface area contributed by atoms with Crippen molar-refractivity contribution in [1.29, 1.82) is 0 Å². The maximum Gasteiger partial charge on any atom is 0.298 e. The van der Waals surface area contributed by atoms with Crippen LogP contribution in [0, 0.1) is 17.0 Å². The first kappa shape index (κ1) is 21.7. The molecule has 0 aliphatic carbocycles. The summed E-state index contributed by atoms with van der Waals surface area (Å²) in [6, 6.07) is 18.6. The van der Waals surface area contributed by atoms with E-state index < -0.39 is 27.6 Å². The highest BCUT2D eigenvalue weighted by molar-refractivity contribution is 9.10. The van der Waals surface area contributed by atoms with Crippen molar-refractivity contribution in [2.24, 2.45) is 0 Å². The quantitative estimate of drug-likeness (QED) is 0.288. The summed E-state index contributed by atoms with van der Waals surface area (Å²) in [6.45, 7) is 5.78. The van der Waals surface area contributed by atoms with E-state index in [2.05, 4.69) is 27.8 Å². The van der Waals surface area contributed by atoms with Crippen molar-refractivity contribution in [3.63, 3.8) is 0 Å². The SMILES string of the molecule is C=C[C@@H]1c2ccccc2N[C@@H]2N(S(=O)(=O)c3ccc(C)cc3)c3ccc(Br)cc3[C@]12[N+](=O)[O-]. The number of nitrogens with zero attached hydrogens (tertiary/aromatic N) is 2. The molecule has 0 saturated heterocycles. The predicted octanol–water partition coefficient (Wildman–Crippen LogP) is 5.16. The molecule has 33 heavy (non-hydrogen) atoms. The minimum absolute atomic E-state index is 0.0666. The standard InChI is InChI=1S/C24H20BrN3O4S/c1-3-19-18-6-4-5-7-21(18)26-23-24(19,28(29)30)20-14-16(25)10-13-22(20)27(23)33(31,32)17-11-8-15(2)9-12-17/h3-14,19,23,26H,1H2,2H3/t19-,23-,24-/m1/s1. The summed E-state index contributed by atoms with van der Waals surface area (Å²) < 4.78 is 29.7. The summed E-state index contributed by atoms with van der Waals surface area (Å²) >= 11 is 3.41. The van der Waals surface area contributed by atoms with Gasteiger partial charge in [-0.2, -0.15) is 0 Å². The van der Waals surface area contributed by atoms with E-state index in [0.29, 0.717) is 21.3 Å². The normalized spacial score (nSPS) is 23.2. The molecule has 0 saturated carbocycles. The Morgan fingerprint density at radius 1 is 1.15 bits per heavy atom. The van der Waals surface area contributed by atoms with E-state index >= 15 is 0 Å². The molecule has 3 atom stereocenters. The topological polar surface area (TPSA) is 92.6 Å². The van der Waals surface area contributed by atoms with Crippen molar-refractivity contribution in [2.45, 2.75) is 29.4 Å². The second-order valence-electron chi connectivity index (χ2n) is 8.21. The lowest BCUT2D eigenvalue weighted by molar-refractivity contribution is -0.583. The van der Waals surface area contributed by atoms with E-state index in [1.807, 2.05) is 25.1 Å². The number of para-hydroxylation sites is 1. The van der Waals surface area contributed by atoms with E-state index in [4.69, 9.17) is 0 Å². The molecule has 0 aromatic heterocycles. The van der Waals surface area contributed by atoms with Crippen molar-refractivity contribution in [2.75, 3.05) is 9.62 Å². The second kappa shape index (κ2) is 7.43. The van der Waals surface area contributed by atoms with Crippen LogP contribution >= 0.6 is 15.9 Å². The number of anilines is 2. The largest absolute Gasteiger partial charge is 0.358 e. The molecule has 168 valence electrons. The van der Waals surface area contributed by atoms with Crippen molar-refractivity contribution in [3.05, 3.63) is 111 Å². The van der Waals surface area contributed by atoms with Crippen LogP contribution in [0.5, 0.6) is 0 Å². The molecule has 2 aliphatic heterocycles. The fraction of sp³-hybridized carbons (Fsp3) is 0.167. The third kappa shape index (κ3) is 2.88. The second-order valence-corrected chi connectivity index (χ2v) is 10.9. The zero-order valence-corrected chi connectivity index (χ0v) is 20.0. The number of nitro groups is 1. The Kier molecular flexibility index (Phi) is 4.88. The van der Waals surface area contributed by atoms with E-state index in [1.54, 1.807) is 42.5 Å². The van der Waals surface area contributed by atoms with Gasteiger partial charge < -0.3 is 5.32 Å². The van der Waals surface area contributed by atoms with Crippen LogP contribution in [-0.2, 0) is 15.6 Å². The van der Waals surface area contributed by atoms with E-state index in [-0.39, 0.29) is 15.5 Å². The third-order valence-electron chi connectivity index (χ3n) is 6.46. The molecule has 0 fully saturated rings. The van der Waals surface area contributed by atoms with E-state index in [1.165, 1.54) is 12.1 Å². The first-order valence-corrected chi connectivity index (χ1v) is 12.5. The molecule has 2 heterocycles. The van der Waals surface area contributed by atoms with E-state index in [0.717, 1.165) is 9.87 Å². The number of benzene rings is 3. The highest BCUT2D eigenvalue weighted by Crippen LogP contribution is 2.58. The van der Waals surface area contributed by atoms with Crippen LogP contribution in [0.1, 0.15) is 22.6 Å². The van der Waals surface area contributed by atoms with Gasteiger partial charge in [0.1, 0.15) is 0 Å². The number of aryl methyl sites for hydroxylation is 1. The molecule has 7 nitrogen and oxygen atoms in total. The molecule has 9 heteroatoms. The number of fused-ring (bicyclic) bond motifs is 4. The molecule has 2 aliphatic rings. The predicted molar refractivity (Wildman–Crippen MR) is 130 cm³/mol. The highest BCUT2D eigenvalue weighted by Gasteiger charge is 2.69. The summed E-state index contributed by atoms with van der Waals surface area (Å²) in [5.41, 5.74) is 1.02. The van der Waals surface area contributed by atoms with Crippen LogP contribution in [0.15, 0.2) is 88.8 Å². The number of hydrogen-bond donors (Lipinski definition) is 1. The first-order valence-electron chi connectivity index (χ1n) is 10.3. The Morgan fingerprint density at radius 2 is 1.85 bits per heavy atom. The van der Waals surface area contributed by atoms with Gasteiger partial charge >= 0.3 is 0 Å². The van der Waals surface area contributed by atoms with Crippen molar-refractivity contribution in [3.8, 4) is 0 Å². The van der Waals surface area contributed by atoms with Crippen molar-refractivity contribution >= 4 is 37.3 Å². The molecule has 0 radical (unpaired) electrons. The fourth-order valence-electron chi connectivity index (χ4n) is 4.99. The van der Waals surface area contributed by atoms with Gasteiger partial charge in [0.25, 0.3) is 15.6 Å². The van der Waals surface area contributed by atoms with Gasteiger partial charge in [0, 0.05) is 15.1 Å². The van der Waals surface area contributed by atoms with Gasteiger partial charge in [-0.3, -0.25) is 10.1 Å². The molecule has 5 rings (SSSR count). The minimum atomic E-state index is -4.14.